The highest BCUT2D eigenvalue weighted by molar-refractivity contribution is 7.82. The fourth-order valence-corrected chi connectivity index (χ4v) is 3.18. The molecule has 0 unspecified atom stereocenters. The monoisotopic (exact) mass is 431 g/mol. The first-order chi connectivity index (χ1) is 13.7. The average Bonchev–Trinajstić information content (AvgIpc) is 2.64. The van der Waals surface area contributed by atoms with Crippen molar-refractivity contribution in [1.29, 1.82) is 0 Å². The van der Waals surface area contributed by atoms with Gasteiger partial charge in [0.2, 0.25) is 0 Å². The highest BCUT2D eigenvalue weighted by Gasteiger charge is 2.28. The molecule has 30 heavy (non-hydrogen) atoms. The normalized spacial score (nSPS) is 11.8. The van der Waals surface area contributed by atoms with Crippen LogP contribution in [-0.4, -0.2) is 16.1 Å². The van der Waals surface area contributed by atoms with Crippen molar-refractivity contribution in [2.24, 2.45) is 0 Å². The number of hydrogen-bond acceptors (Lipinski definition) is 5. The van der Waals surface area contributed by atoms with E-state index < -0.39 is 11.0 Å². The molecule has 0 aliphatic rings. The van der Waals surface area contributed by atoms with Gasteiger partial charge in [-0.25, -0.2) is 9.10 Å². The van der Waals surface area contributed by atoms with Crippen molar-refractivity contribution in [1.82, 2.24) is 5.32 Å². The Labute approximate surface area is 182 Å². The minimum atomic E-state index is -0.470. The Bertz CT molecular complexity index is 909. The van der Waals surface area contributed by atoms with Crippen LogP contribution in [0.2, 0.25) is 0 Å². The van der Waals surface area contributed by atoms with Crippen molar-refractivity contribution in [3.8, 4) is 5.75 Å². The topological polar surface area (TPSA) is 95.7 Å². The Morgan fingerprint density at radius 2 is 1.53 bits per heavy atom. The Balaban J connectivity index is 2.27. The lowest BCUT2D eigenvalue weighted by Crippen LogP contribution is -2.34. The zero-order valence-electron chi connectivity index (χ0n) is 18.2. The summed E-state index contributed by atoms with van der Waals surface area (Å²) in [7, 11) is 0. The van der Waals surface area contributed by atoms with Crippen LogP contribution in [0.3, 0.4) is 0 Å². The van der Waals surface area contributed by atoms with E-state index in [-0.39, 0.29) is 28.8 Å². The van der Waals surface area contributed by atoms with Gasteiger partial charge in [0.05, 0.1) is 10.6 Å². The number of carbonyl (C=O) groups is 1. The molecule has 0 heterocycles. The number of non-ortho nitro benzene ring substituents is 1. The Hall–Kier alpha value is -2.74. The molecular formula is C22H29N3O4S. The second kappa shape index (κ2) is 8.55. The average molecular weight is 432 g/mol. The molecule has 0 bridgehead atoms. The molecular weight excluding hydrogens is 402 g/mol. The van der Waals surface area contributed by atoms with Crippen LogP contribution in [0, 0.1) is 10.1 Å². The summed E-state index contributed by atoms with van der Waals surface area (Å²) in [5, 5.41) is 24.3. The number of nitro benzene ring substituents is 1. The molecule has 0 aliphatic carbocycles. The number of rotatable bonds is 4. The van der Waals surface area contributed by atoms with Crippen LogP contribution in [-0.2, 0) is 17.4 Å². The highest BCUT2D eigenvalue weighted by Crippen LogP contribution is 2.42. The van der Waals surface area contributed by atoms with Gasteiger partial charge in [0, 0.05) is 29.8 Å². The third kappa shape index (κ3) is 5.44. The van der Waals surface area contributed by atoms with Gasteiger partial charge in [-0.1, -0.05) is 66.5 Å². The predicted octanol–water partition coefficient (Wildman–Crippen LogP) is 5.46. The fourth-order valence-electron chi connectivity index (χ4n) is 2.99. The number of urea groups is 1. The van der Waals surface area contributed by atoms with Gasteiger partial charge in [-0.05, 0) is 28.5 Å². The highest BCUT2D eigenvalue weighted by atomic mass is 32.1. The molecule has 0 aromatic heterocycles. The molecule has 2 aromatic carbocycles. The van der Waals surface area contributed by atoms with Crippen molar-refractivity contribution in [3.63, 3.8) is 0 Å². The van der Waals surface area contributed by atoms with Crippen molar-refractivity contribution in [2.75, 3.05) is 4.31 Å². The van der Waals surface area contributed by atoms with Crippen molar-refractivity contribution >= 4 is 30.2 Å². The summed E-state index contributed by atoms with van der Waals surface area (Å²) in [5.74, 6) is 0.228. The summed E-state index contributed by atoms with van der Waals surface area (Å²) in [6.07, 6.45) is 0. The van der Waals surface area contributed by atoms with Gasteiger partial charge >= 0.3 is 6.03 Å². The summed E-state index contributed by atoms with van der Waals surface area (Å²) in [6, 6.07) is 9.07. The molecule has 0 aliphatic heterocycles. The maximum atomic E-state index is 12.7. The lowest BCUT2D eigenvalue weighted by molar-refractivity contribution is -0.384. The van der Waals surface area contributed by atoms with Crippen LogP contribution < -0.4 is 9.62 Å². The number of phenolic OH excluding ortho intramolecular Hbond substituents is 1. The van der Waals surface area contributed by atoms with Crippen LogP contribution in [0.15, 0.2) is 36.4 Å². The first-order valence-corrected chi connectivity index (χ1v) is 10.00. The van der Waals surface area contributed by atoms with Gasteiger partial charge in [-0.15, -0.1) is 0 Å². The third-order valence-corrected chi connectivity index (χ3v) is 5.15. The summed E-state index contributed by atoms with van der Waals surface area (Å²) in [4.78, 5) is 22.9. The predicted molar refractivity (Wildman–Crippen MR) is 122 cm³/mol. The number of aromatic hydroxyl groups is 1. The van der Waals surface area contributed by atoms with E-state index >= 15 is 0 Å². The lowest BCUT2D eigenvalue weighted by atomic mass is 9.79. The molecule has 7 nitrogen and oxygen atoms in total. The minimum absolute atomic E-state index is 0.00518. The summed E-state index contributed by atoms with van der Waals surface area (Å²) >= 11 is 4.37. The largest absolute Gasteiger partial charge is 0.507 e. The summed E-state index contributed by atoms with van der Waals surface area (Å²) in [6.45, 7) is 12.2. The fraction of sp³-hybridized carbons (Fsp3) is 0.409. The van der Waals surface area contributed by atoms with Crippen molar-refractivity contribution in [3.05, 3.63) is 63.2 Å². The SMILES string of the molecule is CC(C)(C)c1cc(N(S)C(=O)NCc2ccc([N+](=O)[O-])cc2)cc(C(C)(C)C)c1O. The van der Waals surface area contributed by atoms with Crippen LogP contribution >= 0.6 is 12.8 Å². The minimum Gasteiger partial charge on any atom is -0.507 e. The first-order valence-electron chi connectivity index (χ1n) is 9.60. The second-order valence-electron chi connectivity index (χ2n) is 9.28. The maximum absolute atomic E-state index is 12.7. The molecule has 0 spiro atoms. The Morgan fingerprint density at radius 3 is 1.93 bits per heavy atom. The van der Waals surface area contributed by atoms with Gasteiger partial charge in [0.1, 0.15) is 5.75 Å². The number of phenols is 1. The van der Waals surface area contributed by atoms with E-state index in [1.165, 1.54) is 16.4 Å². The molecule has 2 amide bonds. The Morgan fingerprint density at radius 1 is 1.07 bits per heavy atom. The van der Waals surface area contributed by atoms with Crippen molar-refractivity contribution in [2.45, 2.75) is 58.9 Å². The molecule has 2 aromatic rings. The smallest absolute Gasteiger partial charge is 0.332 e. The first kappa shape index (κ1) is 23.5. The molecule has 0 fully saturated rings. The molecule has 0 atom stereocenters. The molecule has 0 saturated carbocycles. The number of benzene rings is 2. The summed E-state index contributed by atoms with van der Waals surface area (Å²) in [5.41, 5.74) is 2.07. The molecule has 2 rings (SSSR count). The van der Waals surface area contributed by atoms with Crippen LogP contribution in [0.4, 0.5) is 16.2 Å². The number of amides is 2. The van der Waals surface area contributed by atoms with Crippen LogP contribution in [0.25, 0.3) is 0 Å². The van der Waals surface area contributed by atoms with E-state index in [0.29, 0.717) is 5.69 Å². The number of nitrogens with one attached hydrogen (secondary N) is 1. The Kier molecular flexibility index (Phi) is 6.71. The van der Waals surface area contributed by atoms with Crippen LogP contribution in [0.1, 0.15) is 58.2 Å². The number of thiol groups is 1. The number of nitrogens with zero attached hydrogens (tertiary/aromatic N) is 2. The van der Waals surface area contributed by atoms with Gasteiger partial charge in [0.15, 0.2) is 0 Å². The van der Waals surface area contributed by atoms with E-state index in [4.69, 9.17) is 0 Å². The van der Waals surface area contributed by atoms with Gasteiger partial charge in [-0.2, -0.15) is 0 Å². The number of hydrogen-bond donors (Lipinski definition) is 3. The zero-order valence-corrected chi connectivity index (χ0v) is 19.1. The molecule has 0 saturated heterocycles. The number of carbonyl (C=O) groups excluding carboxylic acids is 1. The summed E-state index contributed by atoms with van der Waals surface area (Å²) < 4.78 is 1.20. The van der Waals surface area contributed by atoms with E-state index in [2.05, 4.69) is 18.1 Å². The quantitative estimate of drug-likeness (QED) is 0.340. The number of anilines is 1. The van der Waals surface area contributed by atoms with Gasteiger partial charge in [0.25, 0.3) is 5.69 Å². The second-order valence-corrected chi connectivity index (χ2v) is 9.68. The van der Waals surface area contributed by atoms with Gasteiger partial charge in [-0.3, -0.25) is 10.1 Å². The maximum Gasteiger partial charge on any atom is 0.332 e. The van der Waals surface area contributed by atoms with Crippen LogP contribution in [0.5, 0.6) is 5.75 Å². The van der Waals surface area contributed by atoms with Crippen molar-refractivity contribution < 1.29 is 14.8 Å². The molecule has 162 valence electrons. The van der Waals surface area contributed by atoms with E-state index in [1.54, 1.807) is 24.3 Å². The van der Waals surface area contributed by atoms with Gasteiger partial charge < -0.3 is 10.4 Å². The molecule has 0 radical (unpaired) electrons. The zero-order chi connectivity index (χ0) is 22.9. The molecule has 8 heteroatoms. The standard InChI is InChI=1S/C22H29N3O4S/c1-21(2,3)17-11-16(12-18(19(17)26)22(4,5)6)24(30)20(27)23-13-14-7-9-15(10-8-14)25(28)29/h7-12,26,30H,13H2,1-6H3,(H,23,27). The van der Waals surface area contributed by atoms with E-state index in [1.807, 2.05) is 41.5 Å². The van der Waals surface area contributed by atoms with E-state index in [9.17, 15) is 20.0 Å². The van der Waals surface area contributed by atoms with E-state index in [0.717, 1.165) is 16.7 Å². The number of nitro groups is 1. The third-order valence-electron chi connectivity index (χ3n) is 4.74. The lowest BCUT2D eigenvalue weighted by Gasteiger charge is -2.29. The molecule has 2 N–H and O–H groups in total.